The Morgan fingerprint density at radius 2 is 1.11 bits per heavy atom. The third kappa shape index (κ3) is 9.11. The third-order valence-electron chi connectivity index (χ3n) is 17.6. The molecule has 0 unspecified atom stereocenters. The molecule has 4 saturated heterocycles. The Morgan fingerprint density at radius 3 is 1.58 bits per heavy atom. The lowest BCUT2D eigenvalue weighted by Gasteiger charge is -2.60. The summed E-state index contributed by atoms with van der Waals surface area (Å²) in [5, 5.41) is 22.7. The summed E-state index contributed by atoms with van der Waals surface area (Å²) < 4.78 is 75.1. The van der Waals surface area contributed by atoms with Crippen molar-refractivity contribution < 1.29 is 76.6 Å². The highest BCUT2D eigenvalue weighted by atomic mass is 16.8. The van der Waals surface area contributed by atoms with Gasteiger partial charge in [-0.1, -0.05) is 18.6 Å². The maximum absolute atomic E-state index is 14.0. The van der Waals surface area contributed by atoms with Gasteiger partial charge < -0.3 is 67.1 Å². The molecule has 16 nitrogen and oxygen atoms in total. The second-order valence-corrected chi connectivity index (χ2v) is 21.0. The van der Waals surface area contributed by atoms with Crippen LogP contribution in [0.3, 0.4) is 0 Å². The number of aliphatic hydroxyl groups is 2. The highest BCUT2D eigenvalue weighted by Gasteiger charge is 2.70. The SMILES string of the molecule is CO[C@H]1C[C@H](O[C@H]2CC[C@@]3(C)C(=CC[C@@H]4[C@@H]3CC(=O)[C@]3(C)[C@@H](C(C)=O)CC[C@@]43O)C2)O[C@H](C)[C@H]1O[C@@H]1C[C@@H](OC)[C@@H](O[C@H]2C[C@H](OC)[C@H](O[C@H]3C[C@@H](OC)[C@H](O)[C@@H](C)O3)[C@@H](C)O2)[C@H](C)O1. The van der Waals surface area contributed by atoms with E-state index in [2.05, 4.69) is 13.0 Å². The lowest BCUT2D eigenvalue weighted by atomic mass is 9.45. The zero-order chi connectivity index (χ0) is 46.7. The molecule has 65 heavy (non-hydrogen) atoms. The maximum Gasteiger partial charge on any atom is 0.161 e. The molecular weight excluding hydrogens is 845 g/mol. The number of aliphatic hydroxyl groups excluding tert-OH is 1. The largest absolute Gasteiger partial charge is 0.389 e. The van der Waals surface area contributed by atoms with Crippen LogP contribution in [0, 0.1) is 28.6 Å². The lowest BCUT2D eigenvalue weighted by Crippen LogP contribution is -2.64. The van der Waals surface area contributed by atoms with Crippen LogP contribution in [0.5, 0.6) is 0 Å². The Balaban J connectivity index is 0.835. The Hall–Kier alpha value is -1.48. The van der Waals surface area contributed by atoms with Gasteiger partial charge in [0.25, 0.3) is 0 Å². The molecule has 7 fully saturated rings. The average molecular weight is 923 g/mol. The predicted molar refractivity (Wildman–Crippen MR) is 232 cm³/mol. The van der Waals surface area contributed by atoms with Gasteiger partial charge in [0.2, 0.25) is 0 Å². The first-order valence-electron chi connectivity index (χ1n) is 24.4. The van der Waals surface area contributed by atoms with Gasteiger partial charge in [0.15, 0.2) is 25.2 Å². The highest BCUT2D eigenvalue weighted by molar-refractivity contribution is 5.94. The summed E-state index contributed by atoms with van der Waals surface area (Å²) in [4.78, 5) is 26.6. The molecule has 8 rings (SSSR count). The number of ether oxygens (including phenoxy) is 12. The van der Waals surface area contributed by atoms with E-state index >= 15 is 0 Å². The summed E-state index contributed by atoms with van der Waals surface area (Å²) in [7, 11) is 6.56. The van der Waals surface area contributed by atoms with Gasteiger partial charge in [-0.2, -0.15) is 0 Å². The fraction of sp³-hybridized carbons (Fsp3) is 0.918. The molecule has 4 aliphatic heterocycles. The Kier molecular flexibility index (Phi) is 15.2. The normalized spacial score (nSPS) is 51.4. The summed E-state index contributed by atoms with van der Waals surface area (Å²) in [6.45, 7) is 13.3. The molecule has 16 heteroatoms. The lowest BCUT2D eigenvalue weighted by molar-refractivity contribution is -0.347. The van der Waals surface area contributed by atoms with Gasteiger partial charge in [0.05, 0.1) is 66.0 Å². The van der Waals surface area contributed by atoms with Crippen LogP contribution >= 0.6 is 0 Å². The minimum Gasteiger partial charge on any atom is -0.389 e. The van der Waals surface area contributed by atoms with Crippen LogP contribution in [-0.4, -0.2) is 160 Å². The number of ketones is 2. The van der Waals surface area contributed by atoms with Crippen molar-refractivity contribution in [3.05, 3.63) is 11.6 Å². The Morgan fingerprint density at radius 1 is 0.646 bits per heavy atom. The summed E-state index contributed by atoms with van der Waals surface area (Å²) in [5.41, 5.74) is -1.12. The minimum absolute atomic E-state index is 0.00478. The first kappa shape index (κ1) is 49.9. The average Bonchev–Trinajstić information content (AvgIpc) is 3.56. The van der Waals surface area contributed by atoms with Crippen molar-refractivity contribution in [3.8, 4) is 0 Å². The third-order valence-corrected chi connectivity index (χ3v) is 17.6. The monoisotopic (exact) mass is 923 g/mol. The highest BCUT2D eigenvalue weighted by Crippen LogP contribution is 2.67. The Bertz CT molecular complexity index is 1710. The summed E-state index contributed by atoms with van der Waals surface area (Å²) in [6, 6.07) is 0. The zero-order valence-corrected chi connectivity index (χ0v) is 40.5. The number of hydrogen-bond donors (Lipinski definition) is 2. The second-order valence-electron chi connectivity index (χ2n) is 21.0. The van der Waals surface area contributed by atoms with Crippen molar-refractivity contribution in [3.63, 3.8) is 0 Å². The van der Waals surface area contributed by atoms with Crippen molar-refractivity contribution in [1.29, 1.82) is 0 Å². The van der Waals surface area contributed by atoms with Crippen LogP contribution in [0.1, 0.15) is 119 Å². The van der Waals surface area contributed by atoms with Crippen LogP contribution in [0.4, 0.5) is 0 Å². The first-order valence-corrected chi connectivity index (χ1v) is 24.4. The molecule has 0 amide bonds. The van der Waals surface area contributed by atoms with E-state index < -0.39 is 90.9 Å². The van der Waals surface area contributed by atoms with Crippen LogP contribution in [0.25, 0.3) is 0 Å². The molecule has 0 aromatic rings. The molecular formula is C49H78O16. The molecule has 0 spiro atoms. The van der Waals surface area contributed by atoms with E-state index in [1.54, 1.807) is 42.3 Å². The van der Waals surface area contributed by atoms with E-state index in [4.69, 9.17) is 56.8 Å². The standard InChI is InChI=1S/C49H78O16/c1-24(50)31-15-17-49(53)32-13-12-29-18-30(14-16-47(29,6)33(32)19-38(51)48(31,49)7)62-39-21-35(55-9)44(26(3)59-39)64-41-23-37(57-11)46(28(5)61-41)65-42-22-36(56-10)45(27(4)60-42)63-40-20-34(54-8)43(52)25(2)58-40/h12,25-28,30-37,39-46,52-53H,13-23H2,1-11H3/t25-,26-,27-,28+,30+,31-,32-,33+,34-,35+,36+,37-,39+,40+,41-,42+,43-,44-,45-,46+,47+,48+,49-/m1/s1. The van der Waals surface area contributed by atoms with Crippen molar-refractivity contribution in [2.75, 3.05) is 28.4 Å². The van der Waals surface area contributed by atoms with Gasteiger partial charge in [-0.15, -0.1) is 0 Å². The molecule has 2 N–H and O–H groups in total. The number of carbonyl (C=O) groups excluding carboxylic acids is 2. The molecule has 4 aliphatic carbocycles. The van der Waals surface area contributed by atoms with Crippen molar-refractivity contribution >= 4 is 11.6 Å². The van der Waals surface area contributed by atoms with Crippen molar-refractivity contribution in [1.82, 2.24) is 0 Å². The number of fused-ring (bicyclic) bond motifs is 5. The van der Waals surface area contributed by atoms with Gasteiger partial charge in [-0.25, -0.2) is 0 Å². The summed E-state index contributed by atoms with van der Waals surface area (Å²) in [6.07, 6.45) is 1.05. The fourth-order valence-electron chi connectivity index (χ4n) is 13.7. The van der Waals surface area contributed by atoms with E-state index in [0.717, 1.165) is 19.3 Å². The van der Waals surface area contributed by atoms with Crippen LogP contribution in [-0.2, 0) is 66.4 Å². The fourth-order valence-corrected chi connectivity index (χ4v) is 13.7. The Labute approximate surface area is 385 Å². The number of hydrogen-bond acceptors (Lipinski definition) is 16. The molecule has 370 valence electrons. The smallest absolute Gasteiger partial charge is 0.161 e. The van der Waals surface area contributed by atoms with Gasteiger partial charge >= 0.3 is 0 Å². The number of Topliss-reactive ketones (excluding diaryl/α,β-unsaturated/α-hetero) is 2. The summed E-state index contributed by atoms with van der Waals surface area (Å²) in [5.74, 6) is -0.399. The van der Waals surface area contributed by atoms with E-state index in [0.29, 0.717) is 51.4 Å². The van der Waals surface area contributed by atoms with Gasteiger partial charge in [-0.05, 0) is 97.3 Å². The van der Waals surface area contributed by atoms with E-state index in [1.165, 1.54) is 5.57 Å². The zero-order valence-electron chi connectivity index (χ0n) is 40.5. The molecule has 3 saturated carbocycles. The second kappa shape index (κ2) is 19.7. The van der Waals surface area contributed by atoms with E-state index in [1.807, 2.05) is 27.7 Å². The molecule has 8 aliphatic rings. The maximum atomic E-state index is 14.0. The van der Waals surface area contributed by atoms with Crippen LogP contribution in [0.15, 0.2) is 11.6 Å². The molecule has 0 aromatic carbocycles. The minimum atomic E-state index is -1.17. The van der Waals surface area contributed by atoms with Crippen LogP contribution < -0.4 is 0 Å². The van der Waals surface area contributed by atoms with Gasteiger partial charge in [0, 0.05) is 66.5 Å². The quantitative estimate of drug-likeness (QED) is 0.236. The topological polar surface area (TPSA) is 185 Å². The van der Waals surface area contributed by atoms with Gasteiger partial charge in [-0.3, -0.25) is 9.59 Å². The molecule has 0 aromatic heterocycles. The molecule has 4 heterocycles. The first-order chi connectivity index (χ1) is 30.9. The number of carbonyl (C=O) groups is 2. The molecule has 0 bridgehead atoms. The number of methoxy groups -OCH3 is 4. The predicted octanol–water partition coefficient (Wildman–Crippen LogP) is 4.95. The van der Waals surface area contributed by atoms with Gasteiger partial charge in [0.1, 0.15) is 36.0 Å². The van der Waals surface area contributed by atoms with Crippen molar-refractivity contribution in [2.45, 2.75) is 229 Å². The summed E-state index contributed by atoms with van der Waals surface area (Å²) >= 11 is 0. The molecule has 23 atom stereocenters. The number of allylic oxidation sites excluding steroid dienone is 1. The van der Waals surface area contributed by atoms with Crippen LogP contribution in [0.2, 0.25) is 0 Å². The number of rotatable bonds is 13. The van der Waals surface area contributed by atoms with E-state index in [-0.39, 0.29) is 59.3 Å². The molecule has 0 radical (unpaired) electrons. The van der Waals surface area contributed by atoms with Crippen molar-refractivity contribution in [2.24, 2.45) is 28.6 Å². The van der Waals surface area contributed by atoms with E-state index in [9.17, 15) is 19.8 Å².